The molecule has 0 aliphatic heterocycles. The van der Waals surface area contributed by atoms with Gasteiger partial charge in [-0.3, -0.25) is 0 Å². The zero-order valence-electron chi connectivity index (χ0n) is 11.0. The molecular weight excluding hydrogens is 310 g/mol. The summed E-state index contributed by atoms with van der Waals surface area (Å²) in [6.07, 6.45) is 5.80. The lowest BCUT2D eigenvalue weighted by molar-refractivity contribution is -0.00320. The fourth-order valence-electron chi connectivity index (χ4n) is 2.47. The standard InChI is InChI=1S/C14H22BrNOS/c1-11-4-2-3-5-14(11)17-7-6-16-9-13-8-12(15)10-18-13/h8,10-11,14,16H,2-7,9H2,1H3. The average molecular weight is 332 g/mol. The van der Waals surface area contributed by atoms with Gasteiger partial charge in [0.2, 0.25) is 0 Å². The third kappa shape index (κ3) is 4.65. The van der Waals surface area contributed by atoms with E-state index < -0.39 is 0 Å². The second-order valence-electron chi connectivity index (χ2n) is 5.08. The predicted octanol–water partition coefficient (Wildman–Crippen LogP) is 4.20. The van der Waals surface area contributed by atoms with Gasteiger partial charge in [-0.25, -0.2) is 0 Å². The molecule has 0 spiro atoms. The maximum absolute atomic E-state index is 5.97. The van der Waals surface area contributed by atoms with Crippen molar-refractivity contribution >= 4 is 27.3 Å². The van der Waals surface area contributed by atoms with Gasteiger partial charge in [-0.2, -0.15) is 0 Å². The molecule has 0 saturated heterocycles. The van der Waals surface area contributed by atoms with Gasteiger partial charge in [-0.1, -0.05) is 19.8 Å². The Hall–Kier alpha value is 0.1000. The largest absolute Gasteiger partial charge is 0.377 e. The van der Waals surface area contributed by atoms with Gasteiger partial charge in [0.1, 0.15) is 0 Å². The Morgan fingerprint density at radius 1 is 1.44 bits per heavy atom. The van der Waals surface area contributed by atoms with E-state index in [9.17, 15) is 0 Å². The molecule has 1 aromatic rings. The Morgan fingerprint density at radius 2 is 2.28 bits per heavy atom. The first-order valence-corrected chi connectivity index (χ1v) is 8.48. The number of nitrogens with one attached hydrogen (secondary N) is 1. The second-order valence-corrected chi connectivity index (χ2v) is 6.99. The summed E-state index contributed by atoms with van der Waals surface area (Å²) in [5, 5.41) is 5.56. The molecule has 0 bridgehead atoms. The minimum atomic E-state index is 0.497. The lowest BCUT2D eigenvalue weighted by Crippen LogP contribution is -2.29. The van der Waals surface area contributed by atoms with E-state index in [2.05, 4.69) is 39.6 Å². The molecule has 0 radical (unpaired) electrons. The second kappa shape index (κ2) is 7.63. The summed E-state index contributed by atoms with van der Waals surface area (Å²) in [4.78, 5) is 1.37. The third-order valence-corrected chi connectivity index (χ3v) is 5.26. The van der Waals surface area contributed by atoms with E-state index in [1.165, 1.54) is 35.0 Å². The monoisotopic (exact) mass is 331 g/mol. The van der Waals surface area contributed by atoms with Crippen LogP contribution in [0, 0.1) is 5.92 Å². The van der Waals surface area contributed by atoms with E-state index in [0.717, 1.165) is 25.6 Å². The van der Waals surface area contributed by atoms with Crippen molar-refractivity contribution in [3.63, 3.8) is 0 Å². The van der Waals surface area contributed by atoms with E-state index in [-0.39, 0.29) is 0 Å². The molecule has 2 atom stereocenters. The van der Waals surface area contributed by atoms with Crippen LogP contribution in [-0.2, 0) is 11.3 Å². The van der Waals surface area contributed by atoms with Crippen LogP contribution in [0.15, 0.2) is 15.9 Å². The van der Waals surface area contributed by atoms with Crippen molar-refractivity contribution in [1.82, 2.24) is 5.32 Å². The fourth-order valence-corrected chi connectivity index (χ4v) is 3.89. The third-order valence-electron chi connectivity index (χ3n) is 3.56. The first-order chi connectivity index (χ1) is 8.75. The minimum absolute atomic E-state index is 0.497. The van der Waals surface area contributed by atoms with Crippen LogP contribution in [0.4, 0.5) is 0 Å². The molecule has 1 aliphatic carbocycles. The van der Waals surface area contributed by atoms with Crippen LogP contribution in [0.25, 0.3) is 0 Å². The highest BCUT2D eigenvalue weighted by molar-refractivity contribution is 9.10. The van der Waals surface area contributed by atoms with Gasteiger partial charge in [-0.05, 0) is 40.8 Å². The van der Waals surface area contributed by atoms with Crippen molar-refractivity contribution in [3.8, 4) is 0 Å². The zero-order chi connectivity index (χ0) is 12.8. The molecule has 2 rings (SSSR count). The first kappa shape index (κ1) is 14.5. The van der Waals surface area contributed by atoms with Crippen molar-refractivity contribution in [2.45, 2.75) is 45.3 Å². The Labute approximate surface area is 122 Å². The summed E-state index contributed by atoms with van der Waals surface area (Å²) < 4.78 is 7.15. The molecular formula is C14H22BrNOS. The lowest BCUT2D eigenvalue weighted by atomic mass is 9.88. The van der Waals surface area contributed by atoms with Crippen molar-refractivity contribution in [3.05, 3.63) is 20.8 Å². The van der Waals surface area contributed by atoms with Crippen molar-refractivity contribution in [1.29, 1.82) is 0 Å². The summed E-state index contributed by atoms with van der Waals surface area (Å²) in [7, 11) is 0. The summed E-state index contributed by atoms with van der Waals surface area (Å²) in [6.45, 7) is 5.04. The van der Waals surface area contributed by atoms with Gasteiger partial charge in [-0.15, -0.1) is 11.3 Å². The van der Waals surface area contributed by atoms with Gasteiger partial charge in [0.15, 0.2) is 0 Å². The number of rotatable bonds is 6. The maximum Gasteiger partial charge on any atom is 0.0601 e. The molecule has 1 fully saturated rings. The van der Waals surface area contributed by atoms with Gasteiger partial charge in [0, 0.05) is 27.8 Å². The van der Waals surface area contributed by atoms with E-state index in [0.29, 0.717) is 6.10 Å². The van der Waals surface area contributed by atoms with E-state index in [1.54, 1.807) is 11.3 Å². The Balaban J connectivity index is 1.55. The zero-order valence-corrected chi connectivity index (χ0v) is 13.4. The summed E-state index contributed by atoms with van der Waals surface area (Å²) in [5.74, 6) is 0.743. The predicted molar refractivity (Wildman–Crippen MR) is 81.1 cm³/mol. The fraction of sp³-hybridized carbons (Fsp3) is 0.714. The summed E-state index contributed by atoms with van der Waals surface area (Å²) in [5.41, 5.74) is 0. The highest BCUT2D eigenvalue weighted by atomic mass is 79.9. The molecule has 18 heavy (non-hydrogen) atoms. The quantitative estimate of drug-likeness (QED) is 0.789. The number of hydrogen-bond acceptors (Lipinski definition) is 3. The molecule has 1 heterocycles. The Morgan fingerprint density at radius 3 is 3.00 bits per heavy atom. The molecule has 2 nitrogen and oxygen atoms in total. The molecule has 2 unspecified atom stereocenters. The minimum Gasteiger partial charge on any atom is -0.377 e. The Bertz CT molecular complexity index is 355. The van der Waals surface area contributed by atoms with Gasteiger partial charge in [0.25, 0.3) is 0 Å². The van der Waals surface area contributed by atoms with Gasteiger partial charge >= 0.3 is 0 Å². The maximum atomic E-state index is 5.97. The lowest BCUT2D eigenvalue weighted by Gasteiger charge is -2.28. The molecule has 4 heteroatoms. The smallest absolute Gasteiger partial charge is 0.0601 e. The SMILES string of the molecule is CC1CCCCC1OCCNCc1cc(Br)cs1. The summed E-state index contributed by atoms with van der Waals surface area (Å²) in [6, 6.07) is 2.17. The number of hydrogen-bond donors (Lipinski definition) is 1. The van der Waals surface area contributed by atoms with Crippen molar-refractivity contribution in [2.75, 3.05) is 13.2 Å². The van der Waals surface area contributed by atoms with Gasteiger partial charge in [0.05, 0.1) is 12.7 Å². The molecule has 102 valence electrons. The topological polar surface area (TPSA) is 21.3 Å². The molecule has 1 aliphatic rings. The molecule has 0 aromatic carbocycles. The molecule has 1 saturated carbocycles. The van der Waals surface area contributed by atoms with E-state index >= 15 is 0 Å². The van der Waals surface area contributed by atoms with Crippen LogP contribution in [0.5, 0.6) is 0 Å². The van der Waals surface area contributed by atoms with Crippen LogP contribution in [-0.4, -0.2) is 19.3 Å². The normalized spacial score (nSPS) is 24.3. The van der Waals surface area contributed by atoms with Crippen LogP contribution < -0.4 is 5.32 Å². The van der Waals surface area contributed by atoms with Crippen molar-refractivity contribution < 1.29 is 4.74 Å². The highest BCUT2D eigenvalue weighted by Gasteiger charge is 2.21. The van der Waals surface area contributed by atoms with Crippen LogP contribution >= 0.6 is 27.3 Å². The first-order valence-electron chi connectivity index (χ1n) is 6.81. The average Bonchev–Trinajstić information content (AvgIpc) is 2.77. The number of ether oxygens (including phenoxy) is 1. The molecule has 1 aromatic heterocycles. The van der Waals surface area contributed by atoms with Crippen LogP contribution in [0.2, 0.25) is 0 Å². The van der Waals surface area contributed by atoms with Crippen molar-refractivity contribution in [2.24, 2.45) is 5.92 Å². The van der Waals surface area contributed by atoms with Crippen LogP contribution in [0.3, 0.4) is 0 Å². The number of thiophene rings is 1. The highest BCUT2D eigenvalue weighted by Crippen LogP contribution is 2.26. The molecule has 1 N–H and O–H groups in total. The van der Waals surface area contributed by atoms with E-state index in [4.69, 9.17) is 4.74 Å². The van der Waals surface area contributed by atoms with E-state index in [1.807, 2.05) is 0 Å². The van der Waals surface area contributed by atoms with Gasteiger partial charge < -0.3 is 10.1 Å². The number of halogens is 1. The summed E-state index contributed by atoms with van der Waals surface area (Å²) >= 11 is 5.26. The molecule has 0 amide bonds. The Kier molecular flexibility index (Phi) is 6.15. The van der Waals surface area contributed by atoms with Crippen LogP contribution in [0.1, 0.15) is 37.5 Å².